The summed E-state index contributed by atoms with van der Waals surface area (Å²) in [6.45, 7) is -0.171. The number of carboxylic acids is 1. The minimum atomic E-state index is -0.934. The molecule has 0 bridgehead atoms. The van der Waals surface area contributed by atoms with Crippen LogP contribution < -0.4 is 0 Å². The highest BCUT2D eigenvalue weighted by atomic mass is 16.4. The summed E-state index contributed by atoms with van der Waals surface area (Å²) in [5.74, 6) is 4.44. The van der Waals surface area contributed by atoms with Crippen molar-refractivity contribution < 1.29 is 15.0 Å². The van der Waals surface area contributed by atoms with Crippen LogP contribution in [0.3, 0.4) is 0 Å². The predicted octanol–water partition coefficient (Wildman–Crippen LogP) is 1.88. The number of aliphatic hydroxyl groups excluding tert-OH is 1. The summed E-state index contributed by atoms with van der Waals surface area (Å²) in [5.41, 5.74) is 1.07. The zero-order valence-corrected chi connectivity index (χ0v) is 8.97. The minimum Gasteiger partial charge on any atom is -0.478 e. The number of aromatic carboxylic acids is 1. The van der Waals surface area contributed by atoms with Gasteiger partial charge in [-0.2, -0.15) is 0 Å². The van der Waals surface area contributed by atoms with Crippen molar-refractivity contribution in [3.8, 4) is 11.8 Å². The number of fused-ring (bicyclic) bond motifs is 1. The quantitative estimate of drug-likeness (QED) is 0.730. The fourth-order valence-corrected chi connectivity index (χ4v) is 1.60. The molecule has 0 fully saturated rings. The van der Waals surface area contributed by atoms with Gasteiger partial charge in [0.15, 0.2) is 0 Å². The number of hydrogen-bond acceptors (Lipinski definition) is 2. The highest BCUT2D eigenvalue weighted by molar-refractivity contribution is 5.94. The highest BCUT2D eigenvalue weighted by Crippen LogP contribution is 2.17. The maximum absolute atomic E-state index is 10.8. The normalized spacial score (nSPS) is 9.71. The van der Waals surface area contributed by atoms with Crippen LogP contribution in [0, 0.1) is 11.8 Å². The summed E-state index contributed by atoms with van der Waals surface area (Å²) in [5, 5.41) is 19.3. The Labute approximate surface area is 98.3 Å². The number of carbonyl (C=O) groups is 1. The lowest BCUT2D eigenvalue weighted by Gasteiger charge is -2.00. The van der Waals surface area contributed by atoms with Gasteiger partial charge in [-0.25, -0.2) is 4.79 Å². The van der Waals surface area contributed by atoms with Crippen LogP contribution in [0.25, 0.3) is 10.8 Å². The van der Waals surface area contributed by atoms with Gasteiger partial charge in [0.1, 0.15) is 6.61 Å². The maximum Gasteiger partial charge on any atom is 0.335 e. The number of benzene rings is 2. The van der Waals surface area contributed by atoms with Gasteiger partial charge in [0, 0.05) is 5.56 Å². The molecule has 0 saturated carbocycles. The van der Waals surface area contributed by atoms with Gasteiger partial charge < -0.3 is 10.2 Å². The van der Waals surface area contributed by atoms with Crippen LogP contribution in [0.1, 0.15) is 15.9 Å². The van der Waals surface area contributed by atoms with Gasteiger partial charge in [0.05, 0.1) is 5.56 Å². The average molecular weight is 226 g/mol. The van der Waals surface area contributed by atoms with E-state index in [1.807, 2.05) is 12.1 Å². The largest absolute Gasteiger partial charge is 0.478 e. The number of aliphatic hydroxyl groups is 1. The molecule has 17 heavy (non-hydrogen) atoms. The monoisotopic (exact) mass is 226 g/mol. The summed E-state index contributed by atoms with van der Waals surface area (Å²) in [6.07, 6.45) is 0. The van der Waals surface area contributed by atoms with E-state index in [-0.39, 0.29) is 12.2 Å². The van der Waals surface area contributed by atoms with Crippen LogP contribution in [0.15, 0.2) is 36.4 Å². The molecule has 84 valence electrons. The van der Waals surface area contributed by atoms with Gasteiger partial charge in [-0.15, -0.1) is 0 Å². The Balaban J connectivity index is 2.50. The van der Waals surface area contributed by atoms with E-state index in [1.165, 1.54) is 0 Å². The SMILES string of the molecule is O=C(O)c1ccc2cc(C#CCO)ccc2c1. The fourth-order valence-electron chi connectivity index (χ4n) is 1.60. The third-order valence-corrected chi connectivity index (χ3v) is 2.40. The van der Waals surface area contributed by atoms with Gasteiger partial charge in [-0.3, -0.25) is 0 Å². The maximum atomic E-state index is 10.8. The van der Waals surface area contributed by atoms with Crippen molar-refractivity contribution in [2.24, 2.45) is 0 Å². The molecule has 3 heteroatoms. The fraction of sp³-hybridized carbons (Fsp3) is 0.0714. The second-order valence-electron chi connectivity index (χ2n) is 3.54. The number of hydrogen-bond donors (Lipinski definition) is 2. The topological polar surface area (TPSA) is 57.5 Å². The first kappa shape index (κ1) is 11.2. The number of carboxylic acid groups (broad SMARTS) is 1. The highest BCUT2D eigenvalue weighted by Gasteiger charge is 2.03. The van der Waals surface area contributed by atoms with E-state index in [0.29, 0.717) is 0 Å². The van der Waals surface area contributed by atoms with E-state index in [0.717, 1.165) is 16.3 Å². The molecule has 0 aliphatic carbocycles. The van der Waals surface area contributed by atoms with Crippen LogP contribution in [-0.4, -0.2) is 22.8 Å². The van der Waals surface area contributed by atoms with E-state index < -0.39 is 5.97 Å². The van der Waals surface area contributed by atoms with Crippen LogP contribution >= 0.6 is 0 Å². The lowest BCUT2D eigenvalue weighted by atomic mass is 10.0. The Bertz CT molecular complexity index is 633. The first-order valence-electron chi connectivity index (χ1n) is 5.07. The Morgan fingerprint density at radius 2 is 1.82 bits per heavy atom. The first-order valence-corrected chi connectivity index (χ1v) is 5.07. The second-order valence-corrected chi connectivity index (χ2v) is 3.54. The first-order chi connectivity index (χ1) is 8.20. The Morgan fingerprint density at radius 3 is 2.53 bits per heavy atom. The van der Waals surface area contributed by atoms with E-state index in [9.17, 15) is 4.79 Å². The molecule has 2 aromatic rings. The summed E-state index contributed by atoms with van der Waals surface area (Å²) in [6, 6.07) is 10.4. The minimum absolute atomic E-state index is 0.171. The van der Waals surface area contributed by atoms with Crippen molar-refractivity contribution in [1.29, 1.82) is 0 Å². The molecule has 0 amide bonds. The number of rotatable bonds is 1. The smallest absolute Gasteiger partial charge is 0.335 e. The molecule has 3 nitrogen and oxygen atoms in total. The molecule has 0 atom stereocenters. The lowest BCUT2D eigenvalue weighted by Crippen LogP contribution is -1.95. The molecular formula is C14H10O3. The summed E-state index contributed by atoms with van der Waals surface area (Å²) in [7, 11) is 0. The zero-order valence-electron chi connectivity index (χ0n) is 8.97. The molecule has 0 aromatic heterocycles. The third kappa shape index (κ3) is 2.44. The van der Waals surface area contributed by atoms with E-state index in [1.54, 1.807) is 24.3 Å². The van der Waals surface area contributed by atoms with Crippen molar-refractivity contribution in [2.75, 3.05) is 6.61 Å². The van der Waals surface area contributed by atoms with Crippen molar-refractivity contribution in [3.05, 3.63) is 47.5 Å². The molecule has 0 aliphatic rings. The van der Waals surface area contributed by atoms with E-state index >= 15 is 0 Å². The van der Waals surface area contributed by atoms with Crippen molar-refractivity contribution in [1.82, 2.24) is 0 Å². The summed E-state index contributed by atoms with van der Waals surface area (Å²) >= 11 is 0. The Kier molecular flexibility index (Phi) is 3.08. The standard InChI is InChI=1S/C14H10O3/c15-7-1-2-10-3-4-12-9-13(14(16)17)6-5-11(12)8-10/h3-6,8-9,15H,7H2,(H,16,17). The van der Waals surface area contributed by atoms with Gasteiger partial charge in [-0.1, -0.05) is 24.0 Å². The molecule has 2 rings (SSSR count). The molecule has 0 aliphatic heterocycles. The molecule has 0 spiro atoms. The molecule has 0 unspecified atom stereocenters. The zero-order chi connectivity index (χ0) is 12.3. The van der Waals surface area contributed by atoms with Gasteiger partial charge in [-0.05, 0) is 35.0 Å². The second kappa shape index (κ2) is 4.69. The van der Waals surface area contributed by atoms with Gasteiger partial charge in [0.25, 0.3) is 0 Å². The molecule has 2 N–H and O–H groups in total. The van der Waals surface area contributed by atoms with Crippen molar-refractivity contribution in [2.45, 2.75) is 0 Å². The Hall–Kier alpha value is -2.31. The lowest BCUT2D eigenvalue weighted by molar-refractivity contribution is 0.0697. The molecular weight excluding hydrogens is 216 g/mol. The van der Waals surface area contributed by atoms with Gasteiger partial charge in [0.2, 0.25) is 0 Å². The third-order valence-electron chi connectivity index (χ3n) is 2.40. The Morgan fingerprint density at radius 1 is 1.12 bits per heavy atom. The van der Waals surface area contributed by atoms with Crippen LogP contribution in [-0.2, 0) is 0 Å². The molecule has 2 aromatic carbocycles. The van der Waals surface area contributed by atoms with Gasteiger partial charge >= 0.3 is 5.97 Å². The molecule has 0 heterocycles. The van der Waals surface area contributed by atoms with E-state index in [2.05, 4.69) is 11.8 Å². The van der Waals surface area contributed by atoms with Crippen LogP contribution in [0.4, 0.5) is 0 Å². The predicted molar refractivity (Wildman–Crippen MR) is 64.9 cm³/mol. The summed E-state index contributed by atoms with van der Waals surface area (Å²) < 4.78 is 0. The average Bonchev–Trinajstić information content (AvgIpc) is 2.35. The molecule has 0 saturated heterocycles. The van der Waals surface area contributed by atoms with Crippen molar-refractivity contribution >= 4 is 16.7 Å². The van der Waals surface area contributed by atoms with Crippen LogP contribution in [0.5, 0.6) is 0 Å². The van der Waals surface area contributed by atoms with E-state index in [4.69, 9.17) is 10.2 Å². The molecule has 0 radical (unpaired) electrons. The summed E-state index contributed by atoms with van der Waals surface area (Å²) in [4.78, 5) is 10.8. The van der Waals surface area contributed by atoms with Crippen molar-refractivity contribution in [3.63, 3.8) is 0 Å². The van der Waals surface area contributed by atoms with Crippen LogP contribution in [0.2, 0.25) is 0 Å².